The molecule has 2 rings (SSSR count). The van der Waals surface area contributed by atoms with Crippen LogP contribution < -0.4 is 9.47 Å². The van der Waals surface area contributed by atoms with Crippen LogP contribution in [-0.2, 0) is 4.79 Å². The largest absolute Gasteiger partial charge is 0.497 e. The summed E-state index contributed by atoms with van der Waals surface area (Å²) in [6.07, 6.45) is 7.84. The molecule has 0 spiro atoms. The number of hydrogen-bond acceptors (Lipinski definition) is 5. The number of nitro benzene ring substituents is 1. The first-order valence-corrected chi connectivity index (χ1v) is 9.01. The maximum atomic E-state index is 12.0. The molecule has 0 radical (unpaired) electrons. The number of ether oxygens (including phenoxy) is 2. The number of benzene rings is 2. The maximum absolute atomic E-state index is 12.0. The van der Waals surface area contributed by atoms with Crippen LogP contribution in [0, 0.1) is 10.1 Å². The minimum Gasteiger partial charge on any atom is -0.497 e. The van der Waals surface area contributed by atoms with Crippen LogP contribution in [0.25, 0.3) is 5.57 Å². The van der Waals surface area contributed by atoms with Gasteiger partial charge in [-0.2, -0.15) is 0 Å². The maximum Gasteiger partial charge on any atom is 0.336 e. The standard InChI is InChI=1S/C22H23NO5/c1-3-4-7-17(18-9-5-10-21(16-18)27-2)8-6-11-22(24)28-20-14-12-19(13-15-20)23(25)26/h5-6,8-16H,3-4,7H2,1-2H3. The molecule has 28 heavy (non-hydrogen) atoms. The van der Waals surface area contributed by atoms with Gasteiger partial charge in [-0.3, -0.25) is 10.1 Å². The Morgan fingerprint density at radius 2 is 1.89 bits per heavy atom. The molecular formula is C22H23NO5. The molecule has 146 valence electrons. The van der Waals surface area contributed by atoms with Gasteiger partial charge >= 0.3 is 5.97 Å². The Morgan fingerprint density at radius 1 is 1.14 bits per heavy atom. The molecule has 6 nitrogen and oxygen atoms in total. The lowest BCUT2D eigenvalue weighted by Gasteiger charge is -2.08. The van der Waals surface area contributed by atoms with Gasteiger partial charge in [0.2, 0.25) is 0 Å². The van der Waals surface area contributed by atoms with Gasteiger partial charge in [-0.25, -0.2) is 4.79 Å². The second-order valence-corrected chi connectivity index (χ2v) is 6.06. The first-order valence-electron chi connectivity index (χ1n) is 9.01. The Labute approximate surface area is 164 Å². The van der Waals surface area contributed by atoms with Gasteiger partial charge in [0.1, 0.15) is 11.5 Å². The molecule has 0 heterocycles. The monoisotopic (exact) mass is 381 g/mol. The van der Waals surface area contributed by atoms with Gasteiger partial charge in [0.15, 0.2) is 0 Å². The van der Waals surface area contributed by atoms with Crippen LogP contribution in [0.5, 0.6) is 11.5 Å². The van der Waals surface area contributed by atoms with E-state index in [1.807, 2.05) is 30.3 Å². The number of unbranched alkanes of at least 4 members (excludes halogenated alkanes) is 1. The number of allylic oxidation sites excluding steroid dienone is 3. The first-order chi connectivity index (χ1) is 13.5. The van der Waals surface area contributed by atoms with Gasteiger partial charge in [0.25, 0.3) is 5.69 Å². The Kier molecular flexibility index (Phi) is 7.96. The van der Waals surface area contributed by atoms with Gasteiger partial charge in [-0.1, -0.05) is 37.6 Å². The van der Waals surface area contributed by atoms with E-state index in [0.29, 0.717) is 0 Å². The molecule has 6 heteroatoms. The van der Waals surface area contributed by atoms with E-state index in [1.165, 1.54) is 30.3 Å². The van der Waals surface area contributed by atoms with Gasteiger partial charge in [-0.15, -0.1) is 0 Å². The van der Waals surface area contributed by atoms with E-state index in [-0.39, 0.29) is 11.4 Å². The van der Waals surface area contributed by atoms with Crippen LogP contribution in [0.1, 0.15) is 31.7 Å². The van der Waals surface area contributed by atoms with Crippen molar-refractivity contribution >= 4 is 17.2 Å². The Hall–Kier alpha value is -3.41. The van der Waals surface area contributed by atoms with Gasteiger partial charge < -0.3 is 9.47 Å². The fourth-order valence-electron chi connectivity index (χ4n) is 2.54. The molecule has 0 saturated heterocycles. The van der Waals surface area contributed by atoms with Crippen molar-refractivity contribution in [2.75, 3.05) is 7.11 Å². The molecule has 0 atom stereocenters. The van der Waals surface area contributed by atoms with Gasteiger partial charge in [0, 0.05) is 18.2 Å². The average molecular weight is 381 g/mol. The highest BCUT2D eigenvalue weighted by Crippen LogP contribution is 2.24. The third kappa shape index (κ3) is 6.39. The van der Waals surface area contributed by atoms with Crippen LogP contribution in [0.15, 0.2) is 66.8 Å². The number of rotatable bonds is 9. The number of carbonyl (C=O) groups is 1. The van der Waals surface area contributed by atoms with E-state index in [2.05, 4.69) is 6.92 Å². The predicted molar refractivity (Wildman–Crippen MR) is 108 cm³/mol. The summed E-state index contributed by atoms with van der Waals surface area (Å²) in [7, 11) is 1.63. The van der Waals surface area contributed by atoms with Gasteiger partial charge in [0.05, 0.1) is 12.0 Å². The van der Waals surface area contributed by atoms with Crippen molar-refractivity contribution in [3.63, 3.8) is 0 Å². The van der Waals surface area contributed by atoms with E-state index in [0.717, 1.165) is 36.1 Å². The Morgan fingerprint density at radius 3 is 2.54 bits per heavy atom. The molecule has 0 bridgehead atoms. The van der Waals surface area contributed by atoms with Crippen LogP contribution in [0.4, 0.5) is 5.69 Å². The van der Waals surface area contributed by atoms with Crippen LogP contribution in [-0.4, -0.2) is 18.0 Å². The summed E-state index contributed by atoms with van der Waals surface area (Å²) in [6, 6.07) is 13.2. The number of nitro groups is 1. The molecular weight excluding hydrogens is 358 g/mol. The first kappa shape index (κ1) is 20.9. The van der Waals surface area contributed by atoms with E-state index in [1.54, 1.807) is 13.2 Å². The Balaban J connectivity index is 2.08. The zero-order chi connectivity index (χ0) is 20.4. The summed E-state index contributed by atoms with van der Waals surface area (Å²) >= 11 is 0. The van der Waals surface area contributed by atoms with Crippen molar-refractivity contribution in [2.24, 2.45) is 0 Å². The van der Waals surface area contributed by atoms with Crippen LogP contribution >= 0.6 is 0 Å². The number of non-ortho nitro benzene ring substituents is 1. The second-order valence-electron chi connectivity index (χ2n) is 6.06. The molecule has 0 N–H and O–H groups in total. The molecule has 0 aliphatic heterocycles. The summed E-state index contributed by atoms with van der Waals surface area (Å²) in [4.78, 5) is 22.1. The quantitative estimate of drug-likeness (QED) is 0.146. The van der Waals surface area contributed by atoms with Crippen molar-refractivity contribution in [2.45, 2.75) is 26.2 Å². The average Bonchev–Trinajstić information content (AvgIpc) is 2.71. The van der Waals surface area contributed by atoms with Crippen molar-refractivity contribution in [3.8, 4) is 11.5 Å². The number of hydrogen-bond donors (Lipinski definition) is 0. The summed E-state index contributed by atoms with van der Waals surface area (Å²) in [5, 5.41) is 10.6. The fourth-order valence-corrected chi connectivity index (χ4v) is 2.54. The van der Waals surface area contributed by atoms with Gasteiger partial charge in [-0.05, 0) is 48.2 Å². The van der Waals surface area contributed by atoms with Crippen LogP contribution in [0.2, 0.25) is 0 Å². The highest BCUT2D eigenvalue weighted by atomic mass is 16.6. The molecule has 0 fully saturated rings. The normalized spacial score (nSPS) is 11.4. The minimum atomic E-state index is -0.550. The lowest BCUT2D eigenvalue weighted by atomic mass is 9.99. The fraction of sp³-hybridized carbons (Fsp3) is 0.227. The van der Waals surface area contributed by atoms with E-state index in [4.69, 9.17) is 9.47 Å². The third-order valence-corrected chi connectivity index (χ3v) is 4.04. The number of methoxy groups -OCH3 is 1. The summed E-state index contributed by atoms with van der Waals surface area (Å²) in [6.45, 7) is 2.13. The topological polar surface area (TPSA) is 78.7 Å². The van der Waals surface area contributed by atoms with Crippen molar-refractivity contribution in [1.29, 1.82) is 0 Å². The van der Waals surface area contributed by atoms with Crippen molar-refractivity contribution in [3.05, 3.63) is 82.4 Å². The zero-order valence-electron chi connectivity index (χ0n) is 16.0. The van der Waals surface area contributed by atoms with Crippen molar-refractivity contribution < 1.29 is 19.2 Å². The molecule has 2 aromatic carbocycles. The summed E-state index contributed by atoms with van der Waals surface area (Å²) in [5.41, 5.74) is 2.08. The summed E-state index contributed by atoms with van der Waals surface area (Å²) < 4.78 is 10.4. The second kappa shape index (κ2) is 10.7. The lowest BCUT2D eigenvalue weighted by Crippen LogP contribution is -2.03. The third-order valence-electron chi connectivity index (χ3n) is 4.04. The Bertz CT molecular complexity index is 869. The highest BCUT2D eigenvalue weighted by molar-refractivity contribution is 5.85. The molecule has 0 aromatic heterocycles. The molecule has 2 aromatic rings. The number of esters is 1. The minimum absolute atomic E-state index is 0.0582. The number of nitrogens with zero attached hydrogens (tertiary/aromatic N) is 1. The molecule has 0 saturated carbocycles. The van der Waals surface area contributed by atoms with Crippen molar-refractivity contribution in [1.82, 2.24) is 0 Å². The van der Waals surface area contributed by atoms with Crippen LogP contribution in [0.3, 0.4) is 0 Å². The molecule has 0 aliphatic rings. The molecule has 0 aliphatic carbocycles. The molecule has 0 amide bonds. The smallest absolute Gasteiger partial charge is 0.336 e. The van der Waals surface area contributed by atoms with E-state index >= 15 is 0 Å². The lowest BCUT2D eigenvalue weighted by molar-refractivity contribution is -0.384. The highest BCUT2D eigenvalue weighted by Gasteiger charge is 2.06. The SMILES string of the molecule is CCCCC(=CC=CC(=O)Oc1ccc([N+](=O)[O-])cc1)c1cccc(OC)c1. The van der Waals surface area contributed by atoms with E-state index in [9.17, 15) is 14.9 Å². The predicted octanol–water partition coefficient (Wildman–Crippen LogP) is 5.34. The number of carbonyl (C=O) groups excluding carboxylic acids is 1. The summed E-state index contributed by atoms with van der Waals surface area (Å²) in [5.74, 6) is 0.482. The molecule has 0 unspecified atom stereocenters. The zero-order valence-corrected chi connectivity index (χ0v) is 16.0. The van der Waals surface area contributed by atoms with E-state index < -0.39 is 10.9 Å².